The van der Waals surface area contributed by atoms with Gasteiger partial charge in [0.05, 0.1) is 0 Å². The molecule has 0 aliphatic rings. The van der Waals surface area contributed by atoms with Gasteiger partial charge in [-0.05, 0) is 69.1 Å². The van der Waals surface area contributed by atoms with Crippen LogP contribution in [0.5, 0.6) is 11.5 Å². The fraction of sp³-hybridized carbons (Fsp3) is 0.488. The molecule has 1 atom stereocenters. The van der Waals surface area contributed by atoms with Crippen LogP contribution in [0.25, 0.3) is 0 Å². The zero-order valence-electron chi connectivity index (χ0n) is 30.2. The number of phenols is 2. The van der Waals surface area contributed by atoms with E-state index in [2.05, 4.69) is 85.5 Å². The number of carbonyl (C=O) groups excluding carboxylic acids is 3. The first kappa shape index (κ1) is 43.7. The number of rotatable bonds is 28. The Balaban J connectivity index is 2.37. The Hall–Kier alpha value is -4.37. The van der Waals surface area contributed by atoms with Crippen LogP contribution in [0.1, 0.15) is 109 Å². The summed E-state index contributed by atoms with van der Waals surface area (Å²) in [6, 6.07) is 3.23. The van der Waals surface area contributed by atoms with E-state index in [1.165, 1.54) is 12.1 Å². The highest BCUT2D eigenvalue weighted by Gasteiger charge is 2.22. The zero-order chi connectivity index (χ0) is 36.5. The molecule has 0 spiro atoms. The highest BCUT2D eigenvalue weighted by atomic mass is 16.6. The maximum absolute atomic E-state index is 12.9. The van der Waals surface area contributed by atoms with Crippen LogP contribution in [0.2, 0.25) is 0 Å². The molecule has 9 heteroatoms. The Morgan fingerprint density at radius 1 is 0.680 bits per heavy atom. The van der Waals surface area contributed by atoms with Crippen LogP contribution in [-0.2, 0) is 30.3 Å². The van der Waals surface area contributed by atoms with E-state index in [0.29, 0.717) is 18.4 Å². The number of phenolic OH excluding ortho intramolecular Hbond substituents is 2. The van der Waals surface area contributed by atoms with Gasteiger partial charge in [0.15, 0.2) is 11.5 Å². The summed E-state index contributed by atoms with van der Waals surface area (Å²) < 4.78 is 10.5. The number of ether oxygens (including phenoxy) is 2. The maximum atomic E-state index is 12.9. The number of nitrogens with one attached hydrogen (secondary N) is 2. The second-order valence-electron chi connectivity index (χ2n) is 11.8. The average molecular weight is 693 g/mol. The van der Waals surface area contributed by atoms with Crippen molar-refractivity contribution in [2.75, 3.05) is 13.2 Å². The van der Waals surface area contributed by atoms with Crippen molar-refractivity contribution in [2.45, 2.75) is 116 Å². The Labute approximate surface area is 299 Å². The predicted octanol–water partition coefficient (Wildman–Crippen LogP) is 8.55. The molecule has 0 heterocycles. The Bertz CT molecular complexity index is 1260. The third-order valence-electron chi connectivity index (χ3n) is 7.36. The van der Waals surface area contributed by atoms with Crippen molar-refractivity contribution in [3.05, 3.63) is 96.7 Å². The van der Waals surface area contributed by atoms with Gasteiger partial charge in [0, 0.05) is 19.3 Å². The Morgan fingerprint density at radius 2 is 1.24 bits per heavy atom. The lowest BCUT2D eigenvalue weighted by Crippen LogP contribution is -2.50. The van der Waals surface area contributed by atoms with Crippen molar-refractivity contribution < 1.29 is 34.1 Å². The fourth-order valence-electron chi connectivity index (χ4n) is 4.55. The summed E-state index contributed by atoms with van der Waals surface area (Å²) in [5.41, 5.74) is 5.83. The smallest absolute Gasteiger partial charge is 0.325 e. The van der Waals surface area contributed by atoms with E-state index >= 15 is 0 Å². The van der Waals surface area contributed by atoms with Gasteiger partial charge >= 0.3 is 11.9 Å². The topological polar surface area (TPSA) is 134 Å². The fourth-order valence-corrected chi connectivity index (χ4v) is 4.55. The number of amides is 1. The maximum Gasteiger partial charge on any atom is 0.325 e. The monoisotopic (exact) mass is 692 g/mol. The lowest BCUT2D eigenvalue weighted by Gasteiger charge is -2.18. The normalized spacial score (nSPS) is 12.7. The average Bonchev–Trinajstić information content (AvgIpc) is 3.10. The minimum Gasteiger partial charge on any atom is -0.504 e. The van der Waals surface area contributed by atoms with E-state index in [1.54, 1.807) is 6.07 Å². The molecule has 0 radical (unpaired) electrons. The first-order valence-corrected chi connectivity index (χ1v) is 18.1. The minimum atomic E-state index is -0.983. The zero-order valence-corrected chi connectivity index (χ0v) is 30.2. The van der Waals surface area contributed by atoms with Crippen molar-refractivity contribution in [1.29, 1.82) is 0 Å². The van der Waals surface area contributed by atoms with Gasteiger partial charge in [0.2, 0.25) is 5.91 Å². The SMILES string of the molecule is CC/C=C\C/C=C\C/C=C\C/C=C\C/C=C\C/C=C\CCC(=O)NNC(Cc1ccc(O)c(O)c1)C(=O)OCCOC(=O)CCCCCCC. The quantitative estimate of drug-likeness (QED) is 0.0226. The van der Waals surface area contributed by atoms with Gasteiger partial charge in [-0.15, -0.1) is 0 Å². The van der Waals surface area contributed by atoms with E-state index in [-0.39, 0.29) is 49.4 Å². The Morgan fingerprint density at radius 3 is 1.82 bits per heavy atom. The predicted molar refractivity (Wildman–Crippen MR) is 201 cm³/mol. The van der Waals surface area contributed by atoms with Crippen molar-refractivity contribution in [3.8, 4) is 11.5 Å². The first-order chi connectivity index (χ1) is 24.4. The van der Waals surface area contributed by atoms with E-state index in [1.807, 2.05) is 12.2 Å². The van der Waals surface area contributed by atoms with Crippen LogP contribution in [0, 0.1) is 0 Å². The van der Waals surface area contributed by atoms with E-state index < -0.39 is 12.0 Å². The van der Waals surface area contributed by atoms with Crippen LogP contribution in [-0.4, -0.2) is 47.3 Å². The molecule has 1 aromatic carbocycles. The van der Waals surface area contributed by atoms with E-state index in [9.17, 15) is 24.6 Å². The number of benzene rings is 1. The molecule has 1 amide bonds. The number of hydrogen-bond acceptors (Lipinski definition) is 8. The molecule has 0 fully saturated rings. The highest BCUT2D eigenvalue weighted by Crippen LogP contribution is 2.25. The molecule has 0 saturated heterocycles. The number of hydrogen-bond donors (Lipinski definition) is 4. The number of carbonyl (C=O) groups is 3. The second-order valence-corrected chi connectivity index (χ2v) is 11.8. The number of aromatic hydroxyl groups is 2. The van der Waals surface area contributed by atoms with Gasteiger partial charge in [-0.25, -0.2) is 5.43 Å². The molecule has 1 aromatic rings. The summed E-state index contributed by atoms with van der Waals surface area (Å²) in [5, 5.41) is 19.5. The van der Waals surface area contributed by atoms with Crippen LogP contribution in [0.3, 0.4) is 0 Å². The summed E-state index contributed by atoms with van der Waals surface area (Å²) >= 11 is 0. The molecule has 0 saturated carbocycles. The van der Waals surface area contributed by atoms with Crippen molar-refractivity contribution in [1.82, 2.24) is 10.9 Å². The summed E-state index contributed by atoms with van der Waals surface area (Å²) in [6.07, 6.45) is 37.4. The molecule has 0 bridgehead atoms. The molecule has 4 N–H and O–H groups in total. The molecule has 0 aromatic heterocycles. The lowest BCUT2D eigenvalue weighted by atomic mass is 10.1. The second kappa shape index (κ2) is 30.7. The number of unbranched alkanes of at least 4 members (excludes halogenated alkanes) is 4. The van der Waals surface area contributed by atoms with Gasteiger partial charge in [0.1, 0.15) is 19.3 Å². The third-order valence-corrected chi connectivity index (χ3v) is 7.36. The van der Waals surface area contributed by atoms with E-state index in [0.717, 1.165) is 70.6 Å². The van der Waals surface area contributed by atoms with Gasteiger partial charge in [-0.2, -0.15) is 0 Å². The van der Waals surface area contributed by atoms with Crippen molar-refractivity contribution >= 4 is 17.8 Å². The first-order valence-electron chi connectivity index (χ1n) is 18.1. The molecule has 0 aliphatic carbocycles. The van der Waals surface area contributed by atoms with Gasteiger partial charge in [-0.3, -0.25) is 19.8 Å². The molecule has 50 heavy (non-hydrogen) atoms. The summed E-state index contributed by atoms with van der Waals surface area (Å²) in [7, 11) is 0. The molecule has 0 aliphatic heterocycles. The largest absolute Gasteiger partial charge is 0.504 e. The summed E-state index contributed by atoms with van der Waals surface area (Å²) in [5.74, 6) is -1.90. The number of esters is 2. The molecule has 1 unspecified atom stereocenters. The van der Waals surface area contributed by atoms with Crippen molar-refractivity contribution in [3.63, 3.8) is 0 Å². The van der Waals surface area contributed by atoms with Gasteiger partial charge in [-0.1, -0.05) is 119 Å². The standard InChI is InChI=1S/C41H60N2O7/c1-3-5-7-9-10-11-12-13-14-15-16-17-18-19-20-21-22-24-25-27-39(46)43-42-36(33-35-29-30-37(44)38(45)34-35)41(48)50-32-31-49-40(47)28-26-23-8-6-4-2/h5,7,10-11,13-14,16-17,19-20,22,24,29-30,34,36,42,44-45H,3-4,6,8-9,12,15,18,21,23,25-28,31-33H2,1-2H3,(H,43,46)/b7-5-,11-10-,14-13-,17-16-,20-19-,24-22-. The number of allylic oxidation sites excluding steroid dienone is 12. The number of hydrazine groups is 1. The van der Waals surface area contributed by atoms with Crippen LogP contribution in [0.15, 0.2) is 91.1 Å². The van der Waals surface area contributed by atoms with Crippen molar-refractivity contribution in [2.24, 2.45) is 0 Å². The third kappa shape index (κ3) is 24.7. The summed E-state index contributed by atoms with van der Waals surface area (Å²) in [6.45, 7) is 4.07. The van der Waals surface area contributed by atoms with Crippen LogP contribution in [0.4, 0.5) is 0 Å². The highest BCUT2D eigenvalue weighted by molar-refractivity contribution is 5.79. The minimum absolute atomic E-state index is 0.0649. The summed E-state index contributed by atoms with van der Waals surface area (Å²) in [4.78, 5) is 37.2. The van der Waals surface area contributed by atoms with Gasteiger partial charge in [0.25, 0.3) is 0 Å². The molecular formula is C41H60N2O7. The molecule has 276 valence electrons. The van der Waals surface area contributed by atoms with Crippen LogP contribution >= 0.6 is 0 Å². The molecular weight excluding hydrogens is 632 g/mol. The Kier molecular flexibility index (Phi) is 26.8. The molecule has 1 rings (SSSR count). The molecule has 9 nitrogen and oxygen atoms in total. The van der Waals surface area contributed by atoms with E-state index in [4.69, 9.17) is 9.47 Å². The lowest BCUT2D eigenvalue weighted by molar-refractivity contribution is -0.154. The van der Waals surface area contributed by atoms with Gasteiger partial charge < -0.3 is 19.7 Å². The van der Waals surface area contributed by atoms with Crippen LogP contribution < -0.4 is 10.9 Å².